The van der Waals surface area contributed by atoms with E-state index in [4.69, 9.17) is 0 Å². The van der Waals surface area contributed by atoms with E-state index in [1.54, 1.807) is 42.7 Å². The fourth-order valence-electron chi connectivity index (χ4n) is 2.15. The topological polar surface area (TPSA) is 76.9 Å². The van der Waals surface area contributed by atoms with E-state index in [0.29, 0.717) is 5.69 Å². The van der Waals surface area contributed by atoms with Crippen molar-refractivity contribution in [3.63, 3.8) is 0 Å². The molecule has 1 aromatic carbocycles. The molecule has 0 fully saturated rings. The molecule has 7 heteroatoms. The van der Waals surface area contributed by atoms with E-state index in [2.05, 4.69) is 15.4 Å². The second-order valence-corrected chi connectivity index (χ2v) is 4.98. The molecule has 0 unspecified atom stereocenters. The molecule has 1 N–H and O–H groups in total. The number of nitrogens with one attached hydrogen (secondary N) is 1. The first-order valence-electron chi connectivity index (χ1n) is 7.16. The van der Waals surface area contributed by atoms with Crippen molar-refractivity contribution in [1.82, 2.24) is 14.8 Å². The van der Waals surface area contributed by atoms with Crippen LogP contribution in [0.5, 0.6) is 0 Å². The Morgan fingerprint density at radius 3 is 2.58 bits per heavy atom. The summed E-state index contributed by atoms with van der Waals surface area (Å²) in [4.78, 5) is 27.8. The minimum atomic E-state index is -0.448. The standard InChI is InChI=1S/C17H13FN4O2/c18-14-4-2-1-3-13(14)15-5-6-17(24)22(21-15)11-16(23)20-12-7-9-19-10-8-12/h1-10H,11H2,(H,19,20,23). The SMILES string of the molecule is O=C(Cn1nc(-c2ccccc2F)ccc1=O)Nc1ccncc1. The van der Waals surface area contributed by atoms with Crippen molar-refractivity contribution in [1.29, 1.82) is 0 Å². The van der Waals surface area contributed by atoms with Gasteiger partial charge in [-0.2, -0.15) is 5.10 Å². The number of hydrogen-bond donors (Lipinski definition) is 1. The van der Waals surface area contributed by atoms with Crippen molar-refractivity contribution in [2.45, 2.75) is 6.54 Å². The number of carbonyl (C=O) groups is 1. The van der Waals surface area contributed by atoms with Crippen LogP contribution in [0, 0.1) is 5.82 Å². The van der Waals surface area contributed by atoms with Crippen LogP contribution in [0.1, 0.15) is 0 Å². The van der Waals surface area contributed by atoms with E-state index in [9.17, 15) is 14.0 Å². The van der Waals surface area contributed by atoms with Crippen LogP contribution in [0.2, 0.25) is 0 Å². The first kappa shape index (κ1) is 15.5. The van der Waals surface area contributed by atoms with Gasteiger partial charge in [-0.3, -0.25) is 14.6 Å². The molecule has 0 saturated heterocycles. The Labute approximate surface area is 136 Å². The highest BCUT2D eigenvalue weighted by Gasteiger charge is 2.10. The molecule has 0 saturated carbocycles. The molecule has 0 radical (unpaired) electrons. The summed E-state index contributed by atoms with van der Waals surface area (Å²) < 4.78 is 14.8. The summed E-state index contributed by atoms with van der Waals surface area (Å²) in [5.74, 6) is -0.863. The summed E-state index contributed by atoms with van der Waals surface area (Å²) in [6.07, 6.45) is 3.08. The lowest BCUT2D eigenvalue weighted by molar-refractivity contribution is -0.117. The van der Waals surface area contributed by atoms with E-state index >= 15 is 0 Å². The predicted molar refractivity (Wildman–Crippen MR) is 86.8 cm³/mol. The molecule has 0 bridgehead atoms. The van der Waals surface area contributed by atoms with Gasteiger partial charge in [0.25, 0.3) is 5.56 Å². The molecule has 6 nitrogen and oxygen atoms in total. The number of pyridine rings is 1. The van der Waals surface area contributed by atoms with E-state index in [-0.39, 0.29) is 17.8 Å². The normalized spacial score (nSPS) is 10.4. The summed E-state index contributed by atoms with van der Waals surface area (Å²) in [5, 5.41) is 6.71. The van der Waals surface area contributed by atoms with Gasteiger partial charge in [-0.25, -0.2) is 9.07 Å². The van der Waals surface area contributed by atoms with Gasteiger partial charge in [0.05, 0.1) is 5.69 Å². The van der Waals surface area contributed by atoms with Gasteiger partial charge < -0.3 is 5.32 Å². The number of amides is 1. The van der Waals surface area contributed by atoms with Crippen LogP contribution >= 0.6 is 0 Å². The van der Waals surface area contributed by atoms with Crippen molar-refractivity contribution in [2.24, 2.45) is 0 Å². The van der Waals surface area contributed by atoms with Gasteiger partial charge in [0.1, 0.15) is 12.4 Å². The first-order valence-corrected chi connectivity index (χ1v) is 7.16. The number of hydrogen-bond acceptors (Lipinski definition) is 4. The Kier molecular flexibility index (Phi) is 4.42. The molecular weight excluding hydrogens is 311 g/mol. The van der Waals surface area contributed by atoms with Crippen molar-refractivity contribution in [3.8, 4) is 11.3 Å². The van der Waals surface area contributed by atoms with E-state index in [1.165, 1.54) is 18.2 Å². The molecule has 3 rings (SSSR count). The van der Waals surface area contributed by atoms with Crippen LogP contribution in [0.25, 0.3) is 11.3 Å². The van der Waals surface area contributed by atoms with E-state index in [1.807, 2.05) is 0 Å². The lowest BCUT2D eigenvalue weighted by Crippen LogP contribution is -2.29. The van der Waals surface area contributed by atoms with Crippen molar-refractivity contribution in [3.05, 3.63) is 77.1 Å². The smallest absolute Gasteiger partial charge is 0.267 e. The third kappa shape index (κ3) is 3.52. The molecular formula is C17H13FN4O2. The van der Waals surface area contributed by atoms with Gasteiger partial charge in [-0.05, 0) is 30.3 Å². The second kappa shape index (κ2) is 6.82. The molecule has 120 valence electrons. The molecule has 3 aromatic rings. The zero-order chi connectivity index (χ0) is 16.9. The number of carbonyl (C=O) groups excluding carboxylic acids is 1. The summed E-state index contributed by atoms with van der Waals surface area (Å²) in [6.45, 7) is -0.274. The summed E-state index contributed by atoms with van der Waals surface area (Å²) in [5.41, 5.74) is 0.665. The first-order chi connectivity index (χ1) is 11.6. The molecule has 1 amide bonds. The van der Waals surface area contributed by atoms with Crippen LogP contribution in [0.15, 0.2) is 65.7 Å². The van der Waals surface area contributed by atoms with Gasteiger partial charge in [-0.1, -0.05) is 12.1 Å². The lowest BCUT2D eigenvalue weighted by Gasteiger charge is -2.08. The molecule has 2 aromatic heterocycles. The maximum absolute atomic E-state index is 13.8. The largest absolute Gasteiger partial charge is 0.324 e. The number of nitrogens with zero attached hydrogens (tertiary/aromatic N) is 3. The third-order valence-corrected chi connectivity index (χ3v) is 3.27. The minimum Gasteiger partial charge on any atom is -0.324 e. The van der Waals surface area contributed by atoms with Gasteiger partial charge in [0.2, 0.25) is 5.91 Å². The Hall–Kier alpha value is -3.35. The molecule has 0 aliphatic rings. The van der Waals surface area contributed by atoms with Crippen LogP contribution in [0.4, 0.5) is 10.1 Å². The fourth-order valence-corrected chi connectivity index (χ4v) is 2.15. The third-order valence-electron chi connectivity index (χ3n) is 3.27. The Balaban J connectivity index is 1.83. The fraction of sp³-hybridized carbons (Fsp3) is 0.0588. The van der Waals surface area contributed by atoms with Crippen LogP contribution in [0.3, 0.4) is 0 Å². The molecule has 0 aliphatic carbocycles. The summed E-state index contributed by atoms with van der Waals surface area (Å²) >= 11 is 0. The monoisotopic (exact) mass is 324 g/mol. The number of benzene rings is 1. The Bertz CT molecular complexity index is 925. The quantitative estimate of drug-likeness (QED) is 0.797. The van der Waals surface area contributed by atoms with Gasteiger partial charge in [-0.15, -0.1) is 0 Å². The predicted octanol–water partition coefficient (Wildman–Crippen LogP) is 2.08. The average Bonchev–Trinajstić information content (AvgIpc) is 2.58. The highest BCUT2D eigenvalue weighted by atomic mass is 19.1. The molecule has 0 aliphatic heterocycles. The number of halogens is 1. The Morgan fingerprint density at radius 1 is 1.08 bits per heavy atom. The minimum absolute atomic E-state index is 0.265. The number of aromatic nitrogens is 3. The van der Waals surface area contributed by atoms with Crippen LogP contribution in [-0.4, -0.2) is 20.7 Å². The van der Waals surface area contributed by atoms with Crippen LogP contribution in [-0.2, 0) is 11.3 Å². The zero-order valence-electron chi connectivity index (χ0n) is 12.5. The average molecular weight is 324 g/mol. The van der Waals surface area contributed by atoms with Crippen molar-refractivity contribution in [2.75, 3.05) is 5.32 Å². The number of anilines is 1. The molecule has 24 heavy (non-hydrogen) atoms. The highest BCUT2D eigenvalue weighted by molar-refractivity contribution is 5.90. The number of rotatable bonds is 4. The second-order valence-electron chi connectivity index (χ2n) is 4.98. The molecule has 0 spiro atoms. The van der Waals surface area contributed by atoms with E-state index < -0.39 is 17.3 Å². The van der Waals surface area contributed by atoms with Gasteiger partial charge in [0.15, 0.2) is 0 Å². The lowest BCUT2D eigenvalue weighted by atomic mass is 10.1. The van der Waals surface area contributed by atoms with E-state index in [0.717, 1.165) is 4.68 Å². The zero-order valence-corrected chi connectivity index (χ0v) is 12.5. The van der Waals surface area contributed by atoms with Crippen molar-refractivity contribution < 1.29 is 9.18 Å². The maximum atomic E-state index is 13.8. The van der Waals surface area contributed by atoms with Gasteiger partial charge >= 0.3 is 0 Å². The van der Waals surface area contributed by atoms with Gasteiger partial charge in [0, 0.05) is 29.7 Å². The summed E-state index contributed by atoms with van der Waals surface area (Å²) in [7, 11) is 0. The van der Waals surface area contributed by atoms with Crippen LogP contribution < -0.4 is 10.9 Å². The maximum Gasteiger partial charge on any atom is 0.267 e. The summed E-state index contributed by atoms with van der Waals surface area (Å²) in [6, 6.07) is 12.1. The van der Waals surface area contributed by atoms with Crippen molar-refractivity contribution >= 4 is 11.6 Å². The molecule has 0 atom stereocenters. The molecule has 2 heterocycles. The highest BCUT2D eigenvalue weighted by Crippen LogP contribution is 2.18. The Morgan fingerprint density at radius 2 is 1.83 bits per heavy atom.